The Morgan fingerprint density at radius 3 is 2.27 bits per heavy atom. The van der Waals surface area contributed by atoms with Gasteiger partial charge < -0.3 is 9.97 Å². The molecule has 0 spiro atoms. The monoisotopic (exact) mass is 430 g/mol. The number of H-pyrrole nitrogens is 2. The van der Waals surface area contributed by atoms with E-state index in [9.17, 15) is 0 Å². The molecule has 0 saturated carbocycles. The molecule has 2 N–H and O–H groups in total. The van der Waals surface area contributed by atoms with E-state index in [1.807, 2.05) is 6.07 Å². The normalized spacial score (nSPS) is 23.6. The van der Waals surface area contributed by atoms with E-state index in [4.69, 9.17) is 0 Å². The summed E-state index contributed by atoms with van der Waals surface area (Å²) in [6.07, 6.45) is 12.6. The summed E-state index contributed by atoms with van der Waals surface area (Å²) in [4.78, 5) is 7.07. The molecule has 1 aliphatic heterocycles. The summed E-state index contributed by atoms with van der Waals surface area (Å²) in [5.41, 5.74) is 9.85. The summed E-state index contributed by atoms with van der Waals surface area (Å²) in [5, 5.41) is 2.08. The van der Waals surface area contributed by atoms with Crippen molar-refractivity contribution in [3.8, 4) is 0 Å². The van der Waals surface area contributed by atoms with Crippen LogP contribution in [0.3, 0.4) is 0 Å². The molecule has 1 aliphatic rings. The number of aromatic nitrogens is 2. The fraction of sp³-hybridized carbons (Fsp3) is 0.0968. The summed E-state index contributed by atoms with van der Waals surface area (Å²) in [5.74, 6) is 0. The van der Waals surface area contributed by atoms with Crippen molar-refractivity contribution in [1.29, 1.82) is 0 Å². The number of hydrogen-bond donors (Lipinski definition) is 2. The lowest BCUT2D eigenvalue weighted by Crippen LogP contribution is -2.12. The molecule has 2 nitrogen and oxygen atoms in total. The van der Waals surface area contributed by atoms with Gasteiger partial charge in [0, 0.05) is 27.7 Å². The molecule has 2 heteroatoms. The molecule has 0 aliphatic carbocycles. The fourth-order valence-electron chi connectivity index (χ4n) is 3.94. The van der Waals surface area contributed by atoms with Crippen LogP contribution in [0.4, 0.5) is 0 Å². The molecule has 4 rings (SSSR count). The van der Waals surface area contributed by atoms with E-state index < -0.39 is 0 Å². The summed E-state index contributed by atoms with van der Waals surface area (Å²) in [7, 11) is 0. The highest BCUT2D eigenvalue weighted by Crippen LogP contribution is 2.28. The van der Waals surface area contributed by atoms with Crippen molar-refractivity contribution in [3.05, 3.63) is 142 Å². The quantitative estimate of drug-likeness (QED) is 0.444. The highest BCUT2D eigenvalue weighted by atomic mass is 14.7. The molecule has 3 heterocycles. The molecular weight excluding hydrogens is 400 g/mol. The SMILES string of the molecule is C=C1/C=C\C(C)=C(/c2ccccc2)c2ccc([nH]2)/C=C(C)/C=C\C(=C)/C(C)=c2/cc/c([nH]2)=C/1. The number of allylic oxidation sites excluding steroid dienone is 8. The zero-order valence-electron chi connectivity index (χ0n) is 19.6. The van der Waals surface area contributed by atoms with Crippen molar-refractivity contribution in [2.75, 3.05) is 0 Å². The van der Waals surface area contributed by atoms with E-state index in [1.165, 1.54) is 16.7 Å². The molecule has 0 unspecified atom stereocenters. The molecule has 33 heavy (non-hydrogen) atoms. The van der Waals surface area contributed by atoms with Gasteiger partial charge in [0.2, 0.25) is 0 Å². The lowest BCUT2D eigenvalue weighted by molar-refractivity contribution is 1.25. The van der Waals surface area contributed by atoms with Crippen LogP contribution in [0.5, 0.6) is 0 Å². The topological polar surface area (TPSA) is 31.6 Å². The zero-order chi connectivity index (χ0) is 23.4. The molecule has 0 fully saturated rings. The van der Waals surface area contributed by atoms with Crippen LogP contribution in [0, 0.1) is 0 Å². The van der Waals surface area contributed by atoms with Crippen molar-refractivity contribution < 1.29 is 0 Å². The van der Waals surface area contributed by atoms with Crippen LogP contribution in [0.2, 0.25) is 0 Å². The summed E-state index contributed by atoms with van der Waals surface area (Å²) >= 11 is 0. The molecule has 0 radical (unpaired) electrons. The van der Waals surface area contributed by atoms with Crippen molar-refractivity contribution in [2.24, 2.45) is 0 Å². The Morgan fingerprint density at radius 1 is 0.697 bits per heavy atom. The Bertz CT molecular complexity index is 1440. The number of hydrogen-bond acceptors (Lipinski definition) is 0. The van der Waals surface area contributed by atoms with Gasteiger partial charge in [0.25, 0.3) is 0 Å². The second-order valence-corrected chi connectivity index (χ2v) is 8.50. The molecule has 4 bridgehead atoms. The maximum Gasteiger partial charge on any atom is 0.0467 e. The Hall–Kier alpha value is -4.04. The van der Waals surface area contributed by atoms with E-state index in [1.54, 1.807) is 0 Å². The van der Waals surface area contributed by atoms with Gasteiger partial charge in [0.15, 0.2) is 0 Å². The van der Waals surface area contributed by atoms with E-state index in [0.29, 0.717) is 0 Å². The van der Waals surface area contributed by atoms with Gasteiger partial charge in [-0.15, -0.1) is 0 Å². The lowest BCUT2D eigenvalue weighted by atomic mass is 9.97. The van der Waals surface area contributed by atoms with E-state index in [2.05, 4.69) is 129 Å². The molecule has 0 saturated heterocycles. The summed E-state index contributed by atoms with van der Waals surface area (Å²) in [6, 6.07) is 18.9. The van der Waals surface area contributed by atoms with Gasteiger partial charge in [0.1, 0.15) is 0 Å². The first-order chi connectivity index (χ1) is 15.9. The van der Waals surface area contributed by atoms with Crippen LogP contribution in [-0.2, 0) is 0 Å². The maximum absolute atomic E-state index is 4.25. The number of fused-ring (bicyclic) bond motifs is 4. The number of aromatic amines is 2. The lowest BCUT2D eigenvalue weighted by Gasteiger charge is -2.10. The Kier molecular flexibility index (Phi) is 6.46. The van der Waals surface area contributed by atoms with Gasteiger partial charge in [-0.1, -0.05) is 67.8 Å². The standard InChI is InChI=1S/C31H30N2/c1-21-11-13-23(3)25(5)29-17-15-27(32-29)19-22(2)12-14-24(4)31(26-9-7-6-8-10-26)30-18-16-28(20-21)33-30/h6-20,32-33H,2-3H2,1,4-5H3/b13-11-,14-12-,21-20+,27-19-,29-25-,31-24+. The van der Waals surface area contributed by atoms with Crippen molar-refractivity contribution in [3.63, 3.8) is 0 Å². The zero-order valence-corrected chi connectivity index (χ0v) is 19.6. The van der Waals surface area contributed by atoms with Crippen LogP contribution < -0.4 is 10.7 Å². The van der Waals surface area contributed by atoms with E-state index in [0.717, 1.165) is 44.4 Å². The summed E-state index contributed by atoms with van der Waals surface area (Å²) < 4.78 is 0. The van der Waals surface area contributed by atoms with Crippen LogP contribution in [-0.4, -0.2) is 9.97 Å². The molecular formula is C31H30N2. The number of benzene rings is 1. The molecule has 2 aromatic heterocycles. The Labute approximate surface area is 196 Å². The van der Waals surface area contributed by atoms with Crippen LogP contribution in [0.25, 0.3) is 23.3 Å². The third kappa shape index (κ3) is 5.24. The fourth-order valence-corrected chi connectivity index (χ4v) is 3.94. The first kappa shape index (κ1) is 22.2. The smallest absolute Gasteiger partial charge is 0.0467 e. The molecule has 1 aromatic carbocycles. The second kappa shape index (κ2) is 9.62. The summed E-state index contributed by atoms with van der Waals surface area (Å²) in [6.45, 7) is 14.8. The predicted molar refractivity (Wildman–Crippen MR) is 143 cm³/mol. The van der Waals surface area contributed by atoms with Gasteiger partial charge in [-0.2, -0.15) is 0 Å². The minimum absolute atomic E-state index is 0.929. The highest BCUT2D eigenvalue weighted by Gasteiger charge is 2.10. The average molecular weight is 431 g/mol. The van der Waals surface area contributed by atoms with Crippen LogP contribution >= 0.6 is 0 Å². The third-order valence-electron chi connectivity index (χ3n) is 5.85. The van der Waals surface area contributed by atoms with Gasteiger partial charge in [-0.3, -0.25) is 0 Å². The molecule has 164 valence electrons. The Balaban J connectivity index is 1.90. The average Bonchev–Trinajstić information content (AvgIpc) is 3.46. The van der Waals surface area contributed by atoms with E-state index in [-0.39, 0.29) is 0 Å². The largest absolute Gasteiger partial charge is 0.355 e. The highest BCUT2D eigenvalue weighted by molar-refractivity contribution is 5.82. The van der Waals surface area contributed by atoms with Crippen molar-refractivity contribution >= 4 is 23.3 Å². The van der Waals surface area contributed by atoms with Gasteiger partial charge in [-0.25, -0.2) is 0 Å². The van der Waals surface area contributed by atoms with Crippen LogP contribution in [0.15, 0.2) is 114 Å². The first-order valence-electron chi connectivity index (χ1n) is 11.2. The first-order valence-corrected chi connectivity index (χ1v) is 11.2. The molecule has 0 amide bonds. The van der Waals surface area contributed by atoms with Gasteiger partial charge in [0.05, 0.1) is 0 Å². The third-order valence-corrected chi connectivity index (χ3v) is 5.85. The number of nitrogens with one attached hydrogen (secondary N) is 2. The maximum atomic E-state index is 4.25. The predicted octanol–water partition coefficient (Wildman–Crippen LogP) is 6.46. The molecule has 3 aromatic rings. The van der Waals surface area contributed by atoms with Gasteiger partial charge in [-0.05, 0) is 90.6 Å². The van der Waals surface area contributed by atoms with E-state index >= 15 is 0 Å². The van der Waals surface area contributed by atoms with Crippen LogP contribution in [0.1, 0.15) is 37.7 Å². The number of rotatable bonds is 1. The second-order valence-electron chi connectivity index (χ2n) is 8.50. The minimum Gasteiger partial charge on any atom is -0.355 e. The van der Waals surface area contributed by atoms with Gasteiger partial charge >= 0.3 is 0 Å². The van der Waals surface area contributed by atoms with Crippen molar-refractivity contribution in [1.82, 2.24) is 9.97 Å². The Morgan fingerprint density at radius 2 is 1.48 bits per heavy atom. The minimum atomic E-state index is 0.929. The van der Waals surface area contributed by atoms with Crippen molar-refractivity contribution in [2.45, 2.75) is 20.8 Å². The molecule has 0 atom stereocenters.